The van der Waals surface area contributed by atoms with E-state index in [4.69, 9.17) is 9.72 Å². The molecule has 0 saturated carbocycles. The van der Waals surface area contributed by atoms with Crippen LogP contribution in [0.3, 0.4) is 0 Å². The SMILES string of the molecule is Cc1cc(N2CCN(CC(=O)N3CCC(C)CC3)CC2)nc(N2CCOCC2)n1. The Hall–Kier alpha value is -1.93. The van der Waals surface area contributed by atoms with Gasteiger partial charge in [0.2, 0.25) is 11.9 Å². The molecule has 8 nitrogen and oxygen atoms in total. The molecule has 1 aromatic rings. The lowest BCUT2D eigenvalue weighted by molar-refractivity contribution is -0.133. The lowest BCUT2D eigenvalue weighted by Gasteiger charge is -2.37. The third-order valence-electron chi connectivity index (χ3n) is 6.31. The van der Waals surface area contributed by atoms with E-state index in [1.54, 1.807) is 0 Å². The fourth-order valence-corrected chi connectivity index (χ4v) is 4.29. The van der Waals surface area contributed by atoms with E-state index < -0.39 is 0 Å². The highest BCUT2D eigenvalue weighted by Crippen LogP contribution is 2.20. The first kappa shape index (κ1) is 20.3. The van der Waals surface area contributed by atoms with Crippen LogP contribution >= 0.6 is 0 Å². The lowest BCUT2D eigenvalue weighted by Crippen LogP contribution is -2.51. The predicted molar refractivity (Wildman–Crippen MR) is 113 cm³/mol. The normalized spacial score (nSPS) is 22.2. The van der Waals surface area contributed by atoms with Crippen molar-refractivity contribution in [2.75, 3.05) is 81.9 Å². The third-order valence-corrected chi connectivity index (χ3v) is 6.31. The van der Waals surface area contributed by atoms with Crippen LogP contribution in [-0.2, 0) is 9.53 Å². The molecule has 4 rings (SSSR count). The molecule has 29 heavy (non-hydrogen) atoms. The van der Waals surface area contributed by atoms with Crippen LogP contribution in [-0.4, -0.2) is 97.8 Å². The number of carbonyl (C=O) groups excluding carboxylic acids is 1. The zero-order valence-corrected chi connectivity index (χ0v) is 17.8. The molecule has 0 spiro atoms. The van der Waals surface area contributed by atoms with Gasteiger partial charge in [-0.05, 0) is 25.7 Å². The Morgan fingerprint density at radius 1 is 1.00 bits per heavy atom. The van der Waals surface area contributed by atoms with E-state index >= 15 is 0 Å². The number of aromatic nitrogens is 2. The minimum atomic E-state index is 0.290. The standard InChI is InChI=1S/C21H34N6O2/c1-17-3-5-26(6-4-17)20(28)16-24-7-9-25(10-8-24)19-15-18(2)22-21(23-19)27-11-13-29-14-12-27/h15,17H,3-14,16H2,1-2H3. The number of piperazine rings is 1. The van der Waals surface area contributed by atoms with Crippen molar-refractivity contribution in [3.8, 4) is 0 Å². The fraction of sp³-hybridized carbons (Fsp3) is 0.762. The maximum absolute atomic E-state index is 12.6. The molecule has 0 aliphatic carbocycles. The number of rotatable bonds is 4. The monoisotopic (exact) mass is 402 g/mol. The zero-order chi connectivity index (χ0) is 20.2. The molecule has 0 N–H and O–H groups in total. The molecule has 4 heterocycles. The van der Waals surface area contributed by atoms with Crippen molar-refractivity contribution in [2.24, 2.45) is 5.92 Å². The van der Waals surface area contributed by atoms with Crippen LogP contribution in [0, 0.1) is 12.8 Å². The Labute approximate surface area is 173 Å². The second-order valence-electron chi connectivity index (χ2n) is 8.59. The van der Waals surface area contributed by atoms with Crippen LogP contribution in [0.25, 0.3) is 0 Å². The average Bonchev–Trinajstić information content (AvgIpc) is 2.75. The van der Waals surface area contributed by atoms with Crippen LogP contribution in [0.15, 0.2) is 6.07 Å². The topological polar surface area (TPSA) is 65.0 Å². The summed E-state index contributed by atoms with van der Waals surface area (Å²) in [6.45, 7) is 13.4. The van der Waals surface area contributed by atoms with Gasteiger partial charge in [-0.15, -0.1) is 0 Å². The van der Waals surface area contributed by atoms with Crippen LogP contribution in [0.2, 0.25) is 0 Å². The predicted octanol–water partition coefficient (Wildman–Crippen LogP) is 1.00. The Kier molecular flexibility index (Phi) is 6.50. The first-order chi connectivity index (χ1) is 14.1. The number of carbonyl (C=O) groups is 1. The molecule has 8 heteroatoms. The number of hydrogen-bond donors (Lipinski definition) is 0. The van der Waals surface area contributed by atoms with Crippen LogP contribution in [0.1, 0.15) is 25.5 Å². The lowest BCUT2D eigenvalue weighted by atomic mass is 9.99. The molecule has 3 aliphatic rings. The first-order valence-corrected chi connectivity index (χ1v) is 11.0. The number of nitrogens with zero attached hydrogens (tertiary/aromatic N) is 6. The van der Waals surface area contributed by atoms with Gasteiger partial charge in [-0.25, -0.2) is 4.98 Å². The first-order valence-electron chi connectivity index (χ1n) is 11.0. The molecule has 3 aliphatic heterocycles. The molecular weight excluding hydrogens is 368 g/mol. The molecule has 3 saturated heterocycles. The molecule has 0 unspecified atom stereocenters. The van der Waals surface area contributed by atoms with Gasteiger partial charge in [-0.3, -0.25) is 9.69 Å². The molecule has 0 radical (unpaired) electrons. The van der Waals surface area contributed by atoms with E-state index in [2.05, 4.69) is 37.6 Å². The Bertz CT molecular complexity index is 692. The number of hydrogen-bond acceptors (Lipinski definition) is 7. The van der Waals surface area contributed by atoms with Gasteiger partial charge in [-0.1, -0.05) is 6.92 Å². The van der Waals surface area contributed by atoms with Gasteiger partial charge >= 0.3 is 0 Å². The third kappa shape index (κ3) is 5.17. The highest BCUT2D eigenvalue weighted by molar-refractivity contribution is 5.78. The average molecular weight is 403 g/mol. The molecule has 160 valence electrons. The van der Waals surface area contributed by atoms with E-state index in [-0.39, 0.29) is 5.91 Å². The van der Waals surface area contributed by atoms with Crippen LogP contribution in [0.5, 0.6) is 0 Å². The summed E-state index contributed by atoms with van der Waals surface area (Å²) in [4.78, 5) is 31.0. The molecule has 0 aromatic carbocycles. The summed E-state index contributed by atoms with van der Waals surface area (Å²) < 4.78 is 5.45. The van der Waals surface area contributed by atoms with Crippen molar-refractivity contribution in [3.63, 3.8) is 0 Å². The van der Waals surface area contributed by atoms with E-state index in [0.717, 1.165) is 102 Å². The largest absolute Gasteiger partial charge is 0.378 e. The number of amides is 1. The maximum Gasteiger partial charge on any atom is 0.236 e. The van der Waals surface area contributed by atoms with Gasteiger partial charge in [0.1, 0.15) is 5.82 Å². The van der Waals surface area contributed by atoms with Crippen molar-refractivity contribution >= 4 is 17.7 Å². The summed E-state index contributed by atoms with van der Waals surface area (Å²) >= 11 is 0. The van der Waals surface area contributed by atoms with Crippen molar-refractivity contribution in [1.82, 2.24) is 19.8 Å². The molecule has 0 atom stereocenters. The molecule has 0 bridgehead atoms. The number of anilines is 2. The highest BCUT2D eigenvalue weighted by Gasteiger charge is 2.25. The van der Waals surface area contributed by atoms with E-state index in [1.807, 2.05) is 6.92 Å². The summed E-state index contributed by atoms with van der Waals surface area (Å²) in [6.07, 6.45) is 2.27. The highest BCUT2D eigenvalue weighted by atomic mass is 16.5. The Morgan fingerprint density at radius 2 is 1.69 bits per heavy atom. The van der Waals surface area contributed by atoms with Crippen molar-refractivity contribution < 1.29 is 9.53 Å². The minimum Gasteiger partial charge on any atom is -0.378 e. The summed E-state index contributed by atoms with van der Waals surface area (Å²) in [5.41, 5.74) is 0.994. The van der Waals surface area contributed by atoms with Crippen molar-refractivity contribution in [1.29, 1.82) is 0 Å². The molecular formula is C21H34N6O2. The maximum atomic E-state index is 12.6. The van der Waals surface area contributed by atoms with Gasteiger partial charge < -0.3 is 19.4 Å². The number of aryl methyl sites for hydroxylation is 1. The van der Waals surface area contributed by atoms with Gasteiger partial charge in [0, 0.05) is 64.1 Å². The summed E-state index contributed by atoms with van der Waals surface area (Å²) in [5, 5.41) is 0. The van der Waals surface area contributed by atoms with Crippen molar-refractivity contribution in [2.45, 2.75) is 26.7 Å². The minimum absolute atomic E-state index is 0.290. The smallest absolute Gasteiger partial charge is 0.236 e. The summed E-state index contributed by atoms with van der Waals surface area (Å²) in [7, 11) is 0. The summed E-state index contributed by atoms with van der Waals surface area (Å²) in [5.74, 6) is 2.84. The number of morpholine rings is 1. The van der Waals surface area contributed by atoms with Crippen LogP contribution < -0.4 is 9.80 Å². The number of ether oxygens (including phenoxy) is 1. The van der Waals surface area contributed by atoms with E-state index in [0.29, 0.717) is 6.54 Å². The van der Waals surface area contributed by atoms with Crippen molar-refractivity contribution in [3.05, 3.63) is 11.8 Å². The Morgan fingerprint density at radius 3 is 2.38 bits per heavy atom. The molecule has 1 amide bonds. The van der Waals surface area contributed by atoms with Gasteiger partial charge in [0.15, 0.2) is 0 Å². The molecule has 3 fully saturated rings. The van der Waals surface area contributed by atoms with Gasteiger partial charge in [0.25, 0.3) is 0 Å². The van der Waals surface area contributed by atoms with Gasteiger partial charge in [0.05, 0.1) is 19.8 Å². The quantitative estimate of drug-likeness (QED) is 0.744. The van der Waals surface area contributed by atoms with Gasteiger partial charge in [-0.2, -0.15) is 4.98 Å². The zero-order valence-electron chi connectivity index (χ0n) is 17.8. The number of likely N-dealkylation sites (tertiary alicyclic amines) is 1. The number of piperidine rings is 1. The Balaban J connectivity index is 1.31. The van der Waals surface area contributed by atoms with E-state index in [1.165, 1.54) is 0 Å². The summed E-state index contributed by atoms with van der Waals surface area (Å²) in [6, 6.07) is 2.07. The fourth-order valence-electron chi connectivity index (χ4n) is 4.29. The second-order valence-corrected chi connectivity index (χ2v) is 8.59. The second kappa shape index (κ2) is 9.26. The molecule has 1 aromatic heterocycles. The van der Waals surface area contributed by atoms with E-state index in [9.17, 15) is 4.79 Å². The van der Waals surface area contributed by atoms with Crippen LogP contribution in [0.4, 0.5) is 11.8 Å².